The third-order valence-electron chi connectivity index (χ3n) is 2.26. The van der Waals surface area contributed by atoms with Gasteiger partial charge in [0.25, 0.3) is 0 Å². The summed E-state index contributed by atoms with van der Waals surface area (Å²) in [6.45, 7) is 6.45. The molecule has 1 rings (SSSR count). The van der Waals surface area contributed by atoms with Crippen molar-refractivity contribution < 1.29 is 24.1 Å². The van der Waals surface area contributed by atoms with Crippen molar-refractivity contribution in [2.24, 2.45) is 0 Å². The van der Waals surface area contributed by atoms with E-state index in [0.29, 0.717) is 0 Å². The van der Waals surface area contributed by atoms with Gasteiger partial charge in [0.15, 0.2) is 0 Å². The summed E-state index contributed by atoms with van der Waals surface area (Å²) in [5.41, 5.74) is 0.347. The third kappa shape index (κ3) is 5.38. The summed E-state index contributed by atoms with van der Waals surface area (Å²) in [6, 6.07) is 4.55. The van der Waals surface area contributed by atoms with Crippen molar-refractivity contribution in [3.8, 4) is 0 Å². The number of hydrogen-bond donors (Lipinski definition) is 0. The minimum atomic E-state index is -0.791. The maximum atomic E-state index is 11.8. The number of ether oxygens (including phenoxy) is 1. The fourth-order valence-electron chi connectivity index (χ4n) is 1.18. The van der Waals surface area contributed by atoms with E-state index in [4.69, 9.17) is 32.8 Å². The summed E-state index contributed by atoms with van der Waals surface area (Å²) in [5, 5.41) is 0.309. The monoisotopic (exact) mass is 332 g/mol. The van der Waals surface area contributed by atoms with E-state index in [9.17, 15) is 9.59 Å². The second-order valence-electron chi connectivity index (χ2n) is 4.26. The van der Waals surface area contributed by atoms with Crippen molar-refractivity contribution in [3.63, 3.8) is 0 Å². The van der Waals surface area contributed by atoms with Crippen LogP contribution in [-0.2, 0) is 19.3 Å². The van der Waals surface area contributed by atoms with Gasteiger partial charge in [0.05, 0.1) is 15.6 Å². The molecular weight excluding hydrogens is 319 g/mol. The largest absolute Gasteiger partial charge is 0.459 e. The number of benzene rings is 1. The SMILES string of the molecule is C=C(C)C(=O)OCC(C)OOC(=O)c1cccc(Cl)c1Cl. The first-order valence-corrected chi connectivity index (χ1v) is 6.72. The fourth-order valence-corrected chi connectivity index (χ4v) is 1.55. The summed E-state index contributed by atoms with van der Waals surface area (Å²) in [5.74, 6) is -1.34. The Hall–Kier alpha value is -1.56. The van der Waals surface area contributed by atoms with Crippen molar-refractivity contribution in [2.45, 2.75) is 20.0 Å². The molecular formula is C14H14Cl2O5. The van der Waals surface area contributed by atoms with Gasteiger partial charge in [0, 0.05) is 5.57 Å². The first-order chi connectivity index (χ1) is 9.82. The molecule has 0 fully saturated rings. The quantitative estimate of drug-likeness (QED) is 0.345. The lowest BCUT2D eigenvalue weighted by atomic mass is 10.2. The second-order valence-corrected chi connectivity index (χ2v) is 5.04. The Morgan fingerprint density at radius 2 is 2.00 bits per heavy atom. The van der Waals surface area contributed by atoms with E-state index in [1.165, 1.54) is 13.0 Å². The molecule has 0 aliphatic carbocycles. The Morgan fingerprint density at radius 3 is 2.62 bits per heavy atom. The number of halogens is 2. The molecule has 1 aromatic carbocycles. The topological polar surface area (TPSA) is 61.8 Å². The average Bonchev–Trinajstić information content (AvgIpc) is 2.44. The Balaban J connectivity index is 2.47. The van der Waals surface area contributed by atoms with Gasteiger partial charge < -0.3 is 4.74 Å². The van der Waals surface area contributed by atoms with Crippen molar-refractivity contribution in [1.82, 2.24) is 0 Å². The van der Waals surface area contributed by atoms with Crippen molar-refractivity contribution >= 4 is 35.1 Å². The highest BCUT2D eigenvalue weighted by Gasteiger charge is 2.17. The van der Waals surface area contributed by atoms with E-state index in [0.717, 1.165) is 0 Å². The van der Waals surface area contributed by atoms with Crippen LogP contribution in [0.25, 0.3) is 0 Å². The lowest BCUT2D eigenvalue weighted by molar-refractivity contribution is -0.276. The number of carbonyl (C=O) groups is 2. The van der Waals surface area contributed by atoms with Gasteiger partial charge in [-0.2, -0.15) is 4.89 Å². The smallest absolute Gasteiger partial charge is 0.374 e. The van der Waals surface area contributed by atoms with Crippen LogP contribution in [0.15, 0.2) is 30.4 Å². The van der Waals surface area contributed by atoms with Gasteiger partial charge in [0.2, 0.25) is 0 Å². The second kappa shape index (κ2) is 8.02. The predicted octanol–water partition coefficient (Wildman–Crippen LogP) is 3.59. The van der Waals surface area contributed by atoms with Gasteiger partial charge in [-0.15, -0.1) is 0 Å². The molecule has 0 N–H and O–H groups in total. The molecule has 0 heterocycles. The van der Waals surface area contributed by atoms with Crippen LogP contribution in [0.4, 0.5) is 0 Å². The summed E-state index contributed by atoms with van der Waals surface area (Å²) < 4.78 is 4.84. The maximum absolute atomic E-state index is 11.8. The normalized spacial score (nSPS) is 11.6. The van der Waals surface area contributed by atoms with Crippen LogP contribution in [0, 0.1) is 0 Å². The molecule has 0 radical (unpaired) electrons. The van der Waals surface area contributed by atoms with Crippen LogP contribution in [-0.4, -0.2) is 24.6 Å². The highest BCUT2D eigenvalue weighted by atomic mass is 35.5. The highest BCUT2D eigenvalue weighted by molar-refractivity contribution is 6.43. The lowest BCUT2D eigenvalue weighted by Gasteiger charge is -2.12. The zero-order chi connectivity index (χ0) is 16.0. The molecule has 0 saturated heterocycles. The minimum Gasteiger partial charge on any atom is -0.459 e. The van der Waals surface area contributed by atoms with Crippen molar-refractivity contribution in [3.05, 3.63) is 46.0 Å². The van der Waals surface area contributed by atoms with Gasteiger partial charge in [-0.25, -0.2) is 9.59 Å². The van der Waals surface area contributed by atoms with E-state index in [1.54, 1.807) is 19.1 Å². The number of rotatable bonds is 6. The van der Waals surface area contributed by atoms with E-state index in [1.807, 2.05) is 0 Å². The minimum absolute atomic E-state index is 0.0779. The summed E-state index contributed by atoms with van der Waals surface area (Å²) in [4.78, 5) is 32.4. The molecule has 7 heteroatoms. The van der Waals surface area contributed by atoms with Gasteiger partial charge in [-0.05, 0) is 26.0 Å². The molecule has 21 heavy (non-hydrogen) atoms. The molecule has 0 aliphatic rings. The molecule has 0 aliphatic heterocycles. The zero-order valence-corrected chi connectivity index (χ0v) is 13.0. The summed E-state index contributed by atoms with van der Waals surface area (Å²) in [6.07, 6.45) is -0.643. The molecule has 1 aromatic rings. The van der Waals surface area contributed by atoms with E-state index < -0.39 is 18.0 Å². The van der Waals surface area contributed by atoms with Crippen LogP contribution in [0.5, 0.6) is 0 Å². The number of esters is 1. The maximum Gasteiger partial charge on any atom is 0.374 e. The van der Waals surface area contributed by atoms with Gasteiger partial charge in [0.1, 0.15) is 12.7 Å². The fraction of sp³-hybridized carbons (Fsp3) is 0.286. The van der Waals surface area contributed by atoms with Crippen LogP contribution < -0.4 is 0 Å². The number of carbonyl (C=O) groups excluding carboxylic acids is 2. The average molecular weight is 333 g/mol. The van der Waals surface area contributed by atoms with Gasteiger partial charge >= 0.3 is 11.9 Å². The Morgan fingerprint density at radius 1 is 1.33 bits per heavy atom. The molecule has 0 bridgehead atoms. The lowest BCUT2D eigenvalue weighted by Crippen LogP contribution is -2.21. The van der Waals surface area contributed by atoms with E-state index in [-0.39, 0.29) is 27.8 Å². The molecule has 114 valence electrons. The highest BCUT2D eigenvalue weighted by Crippen LogP contribution is 2.26. The molecule has 0 amide bonds. The van der Waals surface area contributed by atoms with Gasteiger partial charge in [-0.3, -0.25) is 4.89 Å². The molecule has 0 spiro atoms. The van der Waals surface area contributed by atoms with Crippen molar-refractivity contribution in [1.29, 1.82) is 0 Å². The number of hydrogen-bond acceptors (Lipinski definition) is 5. The van der Waals surface area contributed by atoms with Crippen molar-refractivity contribution in [2.75, 3.05) is 6.61 Å². The molecule has 0 saturated carbocycles. The van der Waals surface area contributed by atoms with E-state index >= 15 is 0 Å². The summed E-state index contributed by atoms with van der Waals surface area (Å²) in [7, 11) is 0. The molecule has 1 atom stereocenters. The van der Waals surface area contributed by atoms with E-state index in [2.05, 4.69) is 11.5 Å². The zero-order valence-electron chi connectivity index (χ0n) is 11.5. The first-order valence-electron chi connectivity index (χ1n) is 5.97. The van der Waals surface area contributed by atoms with Crippen LogP contribution in [0.1, 0.15) is 24.2 Å². The van der Waals surface area contributed by atoms with Crippen LogP contribution in [0.2, 0.25) is 10.0 Å². The first kappa shape index (κ1) is 17.5. The Kier molecular flexibility index (Phi) is 6.68. The van der Waals surface area contributed by atoms with Gasteiger partial charge in [-0.1, -0.05) is 35.8 Å². The van der Waals surface area contributed by atoms with Crippen LogP contribution in [0.3, 0.4) is 0 Å². The Labute approximate surface area is 132 Å². The van der Waals surface area contributed by atoms with Crippen LogP contribution >= 0.6 is 23.2 Å². The molecule has 1 unspecified atom stereocenters. The Bertz CT molecular complexity index is 556. The molecule has 5 nitrogen and oxygen atoms in total. The standard InChI is InChI=1S/C14H14Cl2O5/c1-8(2)13(17)19-7-9(3)20-21-14(18)10-5-4-6-11(15)12(10)16/h4-6,9H,1,7H2,2-3H3. The predicted molar refractivity (Wildman–Crippen MR) is 78.2 cm³/mol. The molecule has 0 aromatic heterocycles. The summed E-state index contributed by atoms with van der Waals surface area (Å²) >= 11 is 11.7. The third-order valence-corrected chi connectivity index (χ3v) is 3.08.